The van der Waals surface area contributed by atoms with E-state index in [1.807, 2.05) is 6.07 Å². The van der Waals surface area contributed by atoms with E-state index in [4.69, 9.17) is 9.47 Å². The first-order chi connectivity index (χ1) is 10.2. The van der Waals surface area contributed by atoms with Crippen LogP contribution in [0.15, 0.2) is 36.4 Å². The number of phenolic OH excluding ortho intramolecular Hbond substituents is 1. The average molecular weight is 290 g/mol. The Morgan fingerprint density at radius 1 is 1.14 bits per heavy atom. The number of urea groups is 1. The molecule has 2 rings (SSSR count). The van der Waals surface area contributed by atoms with Crippen LogP contribution in [0.25, 0.3) is 10.8 Å². The maximum atomic E-state index is 11.8. The molecule has 0 spiro atoms. The van der Waals surface area contributed by atoms with Gasteiger partial charge in [0.1, 0.15) is 12.5 Å². The van der Waals surface area contributed by atoms with E-state index in [1.165, 1.54) is 0 Å². The SMILES string of the molecule is COCCOCNC(=O)Nc1cccc2c(O)cccc12. The van der Waals surface area contributed by atoms with Gasteiger partial charge in [0.15, 0.2) is 0 Å². The quantitative estimate of drug-likeness (QED) is 0.563. The lowest BCUT2D eigenvalue weighted by Crippen LogP contribution is -2.31. The standard InChI is InChI=1S/C15H18N2O4/c1-20-8-9-21-10-16-15(19)17-13-6-2-5-12-11(13)4-3-7-14(12)18/h2-7,18H,8-10H2,1H3,(H2,16,17,19). The van der Waals surface area contributed by atoms with Gasteiger partial charge in [0, 0.05) is 17.9 Å². The molecule has 0 aliphatic rings. The molecule has 6 heteroatoms. The van der Waals surface area contributed by atoms with Gasteiger partial charge in [-0.15, -0.1) is 0 Å². The number of phenols is 1. The van der Waals surface area contributed by atoms with Crippen molar-refractivity contribution in [2.45, 2.75) is 0 Å². The number of hydrogen-bond acceptors (Lipinski definition) is 4. The Hall–Kier alpha value is -2.31. The minimum absolute atomic E-state index is 0.102. The van der Waals surface area contributed by atoms with E-state index >= 15 is 0 Å². The highest BCUT2D eigenvalue weighted by molar-refractivity contribution is 6.03. The van der Waals surface area contributed by atoms with Crippen LogP contribution in [0.5, 0.6) is 5.75 Å². The Kier molecular flexibility index (Phi) is 5.36. The molecule has 0 unspecified atom stereocenters. The van der Waals surface area contributed by atoms with Gasteiger partial charge in [-0.2, -0.15) is 0 Å². The zero-order valence-electron chi connectivity index (χ0n) is 11.8. The maximum absolute atomic E-state index is 11.8. The minimum Gasteiger partial charge on any atom is -0.507 e. The molecular weight excluding hydrogens is 272 g/mol. The van der Waals surface area contributed by atoms with Crippen LogP contribution in [-0.2, 0) is 9.47 Å². The fourth-order valence-corrected chi connectivity index (χ4v) is 1.90. The summed E-state index contributed by atoms with van der Waals surface area (Å²) in [4.78, 5) is 11.8. The third kappa shape index (κ3) is 4.08. The van der Waals surface area contributed by atoms with Gasteiger partial charge in [-0.05, 0) is 12.1 Å². The van der Waals surface area contributed by atoms with Crippen LogP contribution >= 0.6 is 0 Å². The highest BCUT2D eigenvalue weighted by atomic mass is 16.5. The summed E-state index contributed by atoms with van der Waals surface area (Å²) >= 11 is 0. The first-order valence-electron chi connectivity index (χ1n) is 6.54. The number of methoxy groups -OCH3 is 1. The van der Waals surface area contributed by atoms with Crippen LogP contribution in [-0.4, -0.2) is 38.2 Å². The van der Waals surface area contributed by atoms with E-state index in [-0.39, 0.29) is 18.5 Å². The number of rotatable bonds is 6. The minimum atomic E-state index is -0.372. The number of carbonyl (C=O) groups is 1. The van der Waals surface area contributed by atoms with Gasteiger partial charge in [-0.3, -0.25) is 0 Å². The molecule has 2 aromatic rings. The second kappa shape index (κ2) is 7.47. The molecule has 0 atom stereocenters. The smallest absolute Gasteiger partial charge is 0.321 e. The zero-order valence-corrected chi connectivity index (χ0v) is 11.8. The lowest BCUT2D eigenvalue weighted by Gasteiger charge is -2.11. The first kappa shape index (κ1) is 15.1. The van der Waals surface area contributed by atoms with Crippen molar-refractivity contribution in [3.8, 4) is 5.75 Å². The lowest BCUT2D eigenvalue weighted by atomic mass is 10.1. The van der Waals surface area contributed by atoms with Gasteiger partial charge < -0.3 is 25.2 Å². The molecule has 21 heavy (non-hydrogen) atoms. The van der Waals surface area contributed by atoms with Crippen molar-refractivity contribution in [2.75, 3.05) is 32.4 Å². The number of fused-ring (bicyclic) bond motifs is 1. The molecule has 3 N–H and O–H groups in total. The summed E-state index contributed by atoms with van der Waals surface area (Å²) in [7, 11) is 1.58. The van der Waals surface area contributed by atoms with E-state index in [0.717, 1.165) is 5.39 Å². The van der Waals surface area contributed by atoms with E-state index < -0.39 is 0 Å². The van der Waals surface area contributed by atoms with E-state index in [9.17, 15) is 9.90 Å². The number of nitrogens with one attached hydrogen (secondary N) is 2. The molecule has 0 saturated carbocycles. The van der Waals surface area contributed by atoms with Crippen molar-refractivity contribution < 1.29 is 19.4 Å². The molecule has 0 fully saturated rings. The van der Waals surface area contributed by atoms with Crippen molar-refractivity contribution in [1.82, 2.24) is 5.32 Å². The maximum Gasteiger partial charge on any atom is 0.321 e. The van der Waals surface area contributed by atoms with Gasteiger partial charge in [-0.1, -0.05) is 24.3 Å². The van der Waals surface area contributed by atoms with E-state index in [2.05, 4.69) is 10.6 Å². The summed E-state index contributed by atoms with van der Waals surface area (Å²) in [6.07, 6.45) is 0. The number of benzene rings is 2. The van der Waals surface area contributed by atoms with Gasteiger partial charge in [-0.25, -0.2) is 4.79 Å². The van der Waals surface area contributed by atoms with Gasteiger partial charge in [0.2, 0.25) is 0 Å². The molecule has 112 valence electrons. The lowest BCUT2D eigenvalue weighted by molar-refractivity contribution is 0.0650. The van der Waals surface area contributed by atoms with Crippen molar-refractivity contribution >= 4 is 22.5 Å². The largest absolute Gasteiger partial charge is 0.507 e. The molecule has 0 heterocycles. The highest BCUT2D eigenvalue weighted by Gasteiger charge is 2.06. The molecule has 2 amide bonds. The third-order valence-corrected chi connectivity index (χ3v) is 2.91. The molecule has 0 radical (unpaired) electrons. The summed E-state index contributed by atoms with van der Waals surface area (Å²) < 4.78 is 9.98. The Morgan fingerprint density at radius 2 is 1.90 bits per heavy atom. The highest BCUT2D eigenvalue weighted by Crippen LogP contribution is 2.29. The molecule has 0 aliphatic heterocycles. The monoisotopic (exact) mass is 290 g/mol. The predicted molar refractivity (Wildman–Crippen MR) is 80.5 cm³/mol. The van der Waals surface area contributed by atoms with Crippen molar-refractivity contribution in [1.29, 1.82) is 0 Å². The zero-order chi connectivity index (χ0) is 15.1. The Bertz CT molecular complexity index is 616. The molecule has 6 nitrogen and oxygen atoms in total. The molecule has 0 saturated heterocycles. The molecular formula is C15H18N2O4. The fourth-order valence-electron chi connectivity index (χ4n) is 1.90. The Labute approximate surface area is 122 Å². The van der Waals surface area contributed by atoms with Gasteiger partial charge in [0.25, 0.3) is 0 Å². The van der Waals surface area contributed by atoms with E-state index in [0.29, 0.717) is 24.3 Å². The summed E-state index contributed by atoms with van der Waals surface area (Å²) in [5.41, 5.74) is 0.623. The van der Waals surface area contributed by atoms with Crippen LogP contribution in [0.3, 0.4) is 0 Å². The second-order valence-corrected chi connectivity index (χ2v) is 4.35. The van der Waals surface area contributed by atoms with Crippen molar-refractivity contribution in [2.24, 2.45) is 0 Å². The number of anilines is 1. The molecule has 0 bridgehead atoms. The van der Waals surface area contributed by atoms with Crippen LogP contribution in [0.2, 0.25) is 0 Å². The average Bonchev–Trinajstić information content (AvgIpc) is 2.48. The second-order valence-electron chi connectivity index (χ2n) is 4.35. The van der Waals surface area contributed by atoms with Gasteiger partial charge in [0.05, 0.1) is 18.9 Å². The van der Waals surface area contributed by atoms with E-state index in [1.54, 1.807) is 37.4 Å². The number of amides is 2. The fraction of sp³-hybridized carbons (Fsp3) is 0.267. The summed E-state index contributed by atoms with van der Waals surface area (Å²) in [6.45, 7) is 0.996. The molecule has 0 aliphatic carbocycles. The number of ether oxygens (including phenoxy) is 2. The predicted octanol–water partition coefficient (Wildman–Crippen LogP) is 2.29. The third-order valence-electron chi connectivity index (χ3n) is 2.91. The van der Waals surface area contributed by atoms with Crippen LogP contribution in [0.4, 0.5) is 10.5 Å². The number of hydrogen-bond donors (Lipinski definition) is 3. The topological polar surface area (TPSA) is 79.8 Å². The normalized spacial score (nSPS) is 10.5. The molecule has 0 aromatic heterocycles. The first-order valence-corrected chi connectivity index (χ1v) is 6.54. The van der Waals surface area contributed by atoms with Crippen molar-refractivity contribution in [3.05, 3.63) is 36.4 Å². The van der Waals surface area contributed by atoms with Crippen LogP contribution in [0, 0.1) is 0 Å². The number of aromatic hydroxyl groups is 1. The molecule has 2 aromatic carbocycles. The Morgan fingerprint density at radius 3 is 2.71 bits per heavy atom. The number of carbonyl (C=O) groups excluding carboxylic acids is 1. The van der Waals surface area contributed by atoms with Crippen LogP contribution < -0.4 is 10.6 Å². The summed E-state index contributed by atoms with van der Waals surface area (Å²) in [6, 6.07) is 10.1. The Balaban J connectivity index is 1.97. The summed E-state index contributed by atoms with van der Waals surface area (Å²) in [5, 5.41) is 16.6. The van der Waals surface area contributed by atoms with Crippen LogP contribution in [0.1, 0.15) is 0 Å². The van der Waals surface area contributed by atoms with Crippen molar-refractivity contribution in [3.63, 3.8) is 0 Å². The summed E-state index contributed by atoms with van der Waals surface area (Å²) in [5.74, 6) is 0.180. The van der Waals surface area contributed by atoms with Gasteiger partial charge >= 0.3 is 6.03 Å².